The Morgan fingerprint density at radius 1 is 0.408 bits per heavy atom. The van der Waals surface area contributed by atoms with E-state index in [1.165, 1.54) is 6.92 Å². The van der Waals surface area contributed by atoms with Crippen LogP contribution in [0.15, 0.2) is 0 Å². The molecule has 0 aliphatic carbocycles. The molecule has 0 aromatic heterocycles. The summed E-state index contributed by atoms with van der Waals surface area (Å²) >= 11 is 0. The standard InChI is InChI=1S/C27H46O22/c1-6-20(15(35)16(36)23(40)42-6)47-26-19(39)21(13(33)8(3-29)44-26)48-27-22(14(34)9(4-30)45-27)49-25-18(38)12(32)10(46-25)5-41-24-17(37)11(31)7(2-28)43-24/h6-40H,2-5H2,1H3/t6-,7-,8+,9-,10-,11-,12-,13-,14-,15-,16+,17+,18+,19+,20-,21-,22+,23?,24?,25?,26?,27?/m0/s1. The molecule has 0 radical (unpaired) electrons. The van der Waals surface area contributed by atoms with Crippen LogP contribution < -0.4 is 0 Å². The highest BCUT2D eigenvalue weighted by Gasteiger charge is 2.56. The summed E-state index contributed by atoms with van der Waals surface area (Å²) in [5, 5.41) is 133. The second kappa shape index (κ2) is 16.4. The zero-order valence-corrected chi connectivity index (χ0v) is 26.0. The Hall–Kier alpha value is -0.880. The van der Waals surface area contributed by atoms with Crippen molar-refractivity contribution in [2.24, 2.45) is 0 Å². The molecular weight excluding hydrogens is 676 g/mol. The predicted molar refractivity (Wildman–Crippen MR) is 147 cm³/mol. The SMILES string of the molecule is C[C@@H]1OC(O)[C@H](O)[C@H](O)[C@H]1OC1O[C@H](CO)[C@H](O)[C@H](OC2O[C@@H](CO)[C@H](O)[C@H]2OC2O[C@@H](COC3O[C@@H](CO)[C@H](O)[C@H]3O)[C@H](O)[C@H]2O)[C@H]1O. The number of rotatable bonds is 12. The smallest absolute Gasteiger partial charge is 0.187 e. The molecule has 49 heavy (non-hydrogen) atoms. The van der Waals surface area contributed by atoms with Crippen molar-refractivity contribution >= 4 is 0 Å². The molecule has 286 valence electrons. The second-order valence-corrected chi connectivity index (χ2v) is 12.5. The molecule has 0 aromatic rings. The molecule has 5 unspecified atom stereocenters. The van der Waals surface area contributed by atoms with Crippen molar-refractivity contribution in [3.63, 3.8) is 0 Å². The number of hydrogen-bond acceptors (Lipinski definition) is 22. The van der Waals surface area contributed by atoms with E-state index in [9.17, 15) is 66.4 Å². The van der Waals surface area contributed by atoms with E-state index < -0.39 is 162 Å². The lowest BCUT2D eigenvalue weighted by atomic mass is 9.97. The lowest BCUT2D eigenvalue weighted by Crippen LogP contribution is -2.64. The van der Waals surface area contributed by atoms with E-state index in [0.29, 0.717) is 0 Å². The summed E-state index contributed by atoms with van der Waals surface area (Å²) in [4.78, 5) is 0. The minimum Gasteiger partial charge on any atom is -0.394 e. The monoisotopic (exact) mass is 722 g/mol. The maximum absolute atomic E-state index is 11.2. The first-order valence-electron chi connectivity index (χ1n) is 15.7. The first-order chi connectivity index (χ1) is 23.2. The molecule has 0 spiro atoms. The van der Waals surface area contributed by atoms with E-state index in [1.54, 1.807) is 0 Å². The van der Waals surface area contributed by atoms with Gasteiger partial charge in [-0.3, -0.25) is 0 Å². The van der Waals surface area contributed by atoms with Crippen LogP contribution in [0.2, 0.25) is 0 Å². The number of hydrogen-bond donors (Lipinski definition) is 13. The van der Waals surface area contributed by atoms with Crippen LogP contribution in [0.4, 0.5) is 0 Å². The molecule has 5 fully saturated rings. The Kier molecular flexibility index (Phi) is 13.2. The predicted octanol–water partition coefficient (Wildman–Crippen LogP) is -8.98. The van der Waals surface area contributed by atoms with E-state index in [1.807, 2.05) is 0 Å². The summed E-state index contributed by atoms with van der Waals surface area (Å²) in [5.74, 6) is 0. The molecule has 5 aliphatic rings. The van der Waals surface area contributed by atoms with E-state index in [4.69, 9.17) is 42.6 Å². The van der Waals surface area contributed by atoms with Crippen LogP contribution in [0.3, 0.4) is 0 Å². The molecule has 22 heteroatoms. The summed E-state index contributed by atoms with van der Waals surface area (Å²) in [6, 6.07) is 0. The van der Waals surface area contributed by atoms with Crippen LogP contribution in [-0.2, 0) is 42.6 Å². The van der Waals surface area contributed by atoms with Crippen molar-refractivity contribution in [3.8, 4) is 0 Å². The average Bonchev–Trinajstić information content (AvgIpc) is 3.64. The normalized spacial score (nSPS) is 53.8. The molecule has 0 aromatic carbocycles. The van der Waals surface area contributed by atoms with Crippen LogP contribution >= 0.6 is 0 Å². The summed E-state index contributed by atoms with van der Waals surface area (Å²) in [6.45, 7) is -1.32. The first-order valence-corrected chi connectivity index (χ1v) is 15.7. The van der Waals surface area contributed by atoms with Gasteiger partial charge in [0.1, 0.15) is 97.7 Å². The van der Waals surface area contributed by atoms with Crippen LogP contribution in [0.5, 0.6) is 0 Å². The van der Waals surface area contributed by atoms with Gasteiger partial charge in [-0.15, -0.1) is 0 Å². The third kappa shape index (κ3) is 7.91. The van der Waals surface area contributed by atoms with Gasteiger partial charge in [-0.25, -0.2) is 0 Å². The highest BCUT2D eigenvalue weighted by molar-refractivity contribution is 4.97. The molecule has 5 aliphatic heterocycles. The highest BCUT2D eigenvalue weighted by atomic mass is 16.8. The van der Waals surface area contributed by atoms with Gasteiger partial charge in [0.05, 0.1) is 32.5 Å². The van der Waals surface area contributed by atoms with Crippen molar-refractivity contribution < 1.29 is 109 Å². The van der Waals surface area contributed by atoms with E-state index >= 15 is 0 Å². The zero-order valence-electron chi connectivity index (χ0n) is 26.0. The van der Waals surface area contributed by atoms with Gasteiger partial charge in [-0.1, -0.05) is 0 Å². The molecule has 5 heterocycles. The fourth-order valence-electron chi connectivity index (χ4n) is 6.27. The molecular formula is C27H46O22. The molecule has 0 bridgehead atoms. The van der Waals surface area contributed by atoms with Crippen molar-refractivity contribution in [1.29, 1.82) is 0 Å². The van der Waals surface area contributed by atoms with Gasteiger partial charge in [0.2, 0.25) is 0 Å². The van der Waals surface area contributed by atoms with E-state index in [2.05, 4.69) is 0 Å². The fraction of sp³-hybridized carbons (Fsp3) is 1.00. The topological polar surface area (TPSA) is 346 Å². The molecule has 22 nitrogen and oxygen atoms in total. The van der Waals surface area contributed by atoms with Crippen molar-refractivity contribution in [1.82, 2.24) is 0 Å². The summed E-state index contributed by atoms with van der Waals surface area (Å²) in [6.07, 6.45) is -34.6. The fourth-order valence-corrected chi connectivity index (χ4v) is 6.27. The first kappa shape index (κ1) is 39.3. The third-order valence-corrected chi connectivity index (χ3v) is 9.21. The van der Waals surface area contributed by atoms with Gasteiger partial charge in [0.25, 0.3) is 0 Å². The molecule has 0 amide bonds. The van der Waals surface area contributed by atoms with Crippen LogP contribution in [0.25, 0.3) is 0 Å². The molecule has 5 rings (SSSR count). The van der Waals surface area contributed by atoms with Gasteiger partial charge in [0, 0.05) is 0 Å². The van der Waals surface area contributed by atoms with Crippen LogP contribution in [-0.4, -0.2) is 228 Å². The molecule has 5 saturated heterocycles. The van der Waals surface area contributed by atoms with Crippen LogP contribution in [0, 0.1) is 0 Å². The summed E-state index contributed by atoms with van der Waals surface area (Å²) < 4.78 is 49.5. The van der Waals surface area contributed by atoms with Crippen molar-refractivity contribution in [2.45, 2.75) is 142 Å². The maximum Gasteiger partial charge on any atom is 0.187 e. The van der Waals surface area contributed by atoms with Crippen molar-refractivity contribution in [3.05, 3.63) is 0 Å². The third-order valence-electron chi connectivity index (χ3n) is 9.21. The minimum absolute atomic E-state index is 0.507. The number of ether oxygens (including phenoxy) is 9. The van der Waals surface area contributed by atoms with Gasteiger partial charge in [0.15, 0.2) is 31.5 Å². The Labute approximate surface area is 278 Å². The van der Waals surface area contributed by atoms with E-state index in [0.717, 1.165) is 0 Å². The van der Waals surface area contributed by atoms with Crippen molar-refractivity contribution in [2.75, 3.05) is 26.4 Å². The Balaban J connectivity index is 1.25. The Morgan fingerprint density at radius 3 is 1.47 bits per heavy atom. The Morgan fingerprint density at radius 2 is 0.857 bits per heavy atom. The Bertz CT molecular complexity index is 1040. The quantitative estimate of drug-likeness (QED) is 0.0889. The molecule has 22 atom stereocenters. The molecule has 13 N–H and O–H groups in total. The number of aliphatic hydroxyl groups is 13. The van der Waals surface area contributed by atoms with Gasteiger partial charge in [-0.2, -0.15) is 0 Å². The second-order valence-electron chi connectivity index (χ2n) is 12.5. The van der Waals surface area contributed by atoms with Crippen LogP contribution in [0.1, 0.15) is 6.92 Å². The highest BCUT2D eigenvalue weighted by Crippen LogP contribution is 2.35. The number of aliphatic hydroxyl groups excluding tert-OH is 13. The summed E-state index contributed by atoms with van der Waals surface area (Å²) in [5.41, 5.74) is 0. The largest absolute Gasteiger partial charge is 0.394 e. The summed E-state index contributed by atoms with van der Waals surface area (Å²) in [7, 11) is 0. The lowest BCUT2D eigenvalue weighted by molar-refractivity contribution is -0.365. The van der Waals surface area contributed by atoms with Gasteiger partial charge >= 0.3 is 0 Å². The molecule has 0 saturated carbocycles. The average molecular weight is 723 g/mol. The van der Waals surface area contributed by atoms with Gasteiger partial charge in [-0.05, 0) is 6.92 Å². The zero-order chi connectivity index (χ0) is 35.9. The maximum atomic E-state index is 11.2. The van der Waals surface area contributed by atoms with E-state index in [-0.39, 0.29) is 0 Å². The lowest BCUT2D eigenvalue weighted by Gasteiger charge is -2.46. The van der Waals surface area contributed by atoms with Gasteiger partial charge < -0.3 is 109 Å². The minimum atomic E-state index is -1.91.